The number of nitrogen functional groups attached to an aromatic ring is 1. The van der Waals surface area contributed by atoms with Crippen LogP contribution in [0.3, 0.4) is 0 Å². The van der Waals surface area contributed by atoms with Crippen molar-refractivity contribution in [1.82, 2.24) is 0 Å². The number of thioether (sulfide) groups is 1. The molecule has 2 N–H and O–H groups in total. The van der Waals surface area contributed by atoms with Gasteiger partial charge in [0, 0.05) is 16.3 Å². The molecule has 0 saturated carbocycles. The fourth-order valence-corrected chi connectivity index (χ4v) is 3.43. The minimum Gasteiger partial charge on any atom is -0.399 e. The Morgan fingerprint density at radius 1 is 1.05 bits per heavy atom. The molecule has 0 spiro atoms. The summed E-state index contributed by atoms with van der Waals surface area (Å²) in [5.74, 6) is 0.430. The zero-order valence-corrected chi connectivity index (χ0v) is 11.5. The van der Waals surface area contributed by atoms with Crippen LogP contribution in [0.5, 0.6) is 0 Å². The van der Waals surface area contributed by atoms with Crippen molar-refractivity contribution in [3.05, 3.63) is 58.9 Å². The zero-order chi connectivity index (χ0) is 13.2. The first-order valence-electron chi connectivity index (χ1n) is 6.51. The lowest BCUT2D eigenvalue weighted by Crippen LogP contribution is -1.91. The molecule has 19 heavy (non-hydrogen) atoms. The van der Waals surface area contributed by atoms with E-state index < -0.39 is 0 Å². The van der Waals surface area contributed by atoms with E-state index in [0.717, 1.165) is 0 Å². The Balaban J connectivity index is 1.72. The molecule has 3 rings (SSSR count). The van der Waals surface area contributed by atoms with Crippen molar-refractivity contribution in [2.24, 2.45) is 0 Å². The number of fused-ring (bicyclic) bond motifs is 1. The monoisotopic (exact) mass is 273 g/mol. The van der Waals surface area contributed by atoms with Crippen LogP contribution in [0.2, 0.25) is 0 Å². The second kappa shape index (κ2) is 5.25. The summed E-state index contributed by atoms with van der Waals surface area (Å²) in [6.45, 7) is 0. The van der Waals surface area contributed by atoms with Crippen molar-refractivity contribution in [2.75, 3.05) is 5.73 Å². The first kappa shape index (κ1) is 12.5. The van der Waals surface area contributed by atoms with Crippen LogP contribution in [-0.2, 0) is 18.6 Å². The van der Waals surface area contributed by atoms with Crippen molar-refractivity contribution >= 4 is 17.4 Å². The lowest BCUT2D eigenvalue weighted by Gasteiger charge is -2.06. The van der Waals surface area contributed by atoms with Crippen molar-refractivity contribution in [3.63, 3.8) is 0 Å². The molecule has 0 unspecified atom stereocenters. The molecule has 2 aromatic carbocycles. The third-order valence-corrected chi connectivity index (χ3v) is 4.58. The van der Waals surface area contributed by atoms with Gasteiger partial charge in [-0.3, -0.25) is 0 Å². The van der Waals surface area contributed by atoms with Crippen LogP contribution < -0.4 is 5.73 Å². The Kier molecular flexibility index (Phi) is 3.47. The van der Waals surface area contributed by atoms with Gasteiger partial charge in [0.2, 0.25) is 0 Å². The second-order valence-corrected chi connectivity index (χ2v) is 5.97. The Hall–Kier alpha value is -1.48. The van der Waals surface area contributed by atoms with E-state index in [1.165, 1.54) is 41.4 Å². The number of anilines is 1. The minimum absolute atomic E-state index is 0.214. The maximum Gasteiger partial charge on any atom is 0.129 e. The second-order valence-electron chi connectivity index (χ2n) is 4.92. The third-order valence-electron chi connectivity index (χ3n) is 3.54. The highest BCUT2D eigenvalue weighted by Gasteiger charge is 2.11. The van der Waals surface area contributed by atoms with Gasteiger partial charge in [0.15, 0.2) is 0 Å². The van der Waals surface area contributed by atoms with Crippen LogP contribution >= 0.6 is 11.8 Å². The van der Waals surface area contributed by atoms with Crippen LogP contribution in [0.15, 0.2) is 41.3 Å². The van der Waals surface area contributed by atoms with Gasteiger partial charge >= 0.3 is 0 Å². The summed E-state index contributed by atoms with van der Waals surface area (Å²) in [7, 11) is 0. The Morgan fingerprint density at radius 3 is 2.74 bits per heavy atom. The minimum atomic E-state index is -0.214. The van der Waals surface area contributed by atoms with E-state index in [-0.39, 0.29) is 5.82 Å². The van der Waals surface area contributed by atoms with Crippen molar-refractivity contribution in [1.29, 1.82) is 0 Å². The molecule has 98 valence electrons. The Labute approximate surface area is 117 Å². The summed E-state index contributed by atoms with van der Waals surface area (Å²) in [5, 5.41) is 0. The van der Waals surface area contributed by atoms with Gasteiger partial charge < -0.3 is 5.73 Å². The molecule has 0 atom stereocenters. The van der Waals surface area contributed by atoms with Gasteiger partial charge in [-0.1, -0.05) is 12.1 Å². The summed E-state index contributed by atoms with van der Waals surface area (Å²) in [4.78, 5) is 1.22. The molecule has 0 amide bonds. The van der Waals surface area contributed by atoms with Gasteiger partial charge in [-0.2, -0.15) is 0 Å². The van der Waals surface area contributed by atoms with Crippen LogP contribution in [0.4, 0.5) is 10.1 Å². The Morgan fingerprint density at radius 2 is 1.89 bits per heavy atom. The van der Waals surface area contributed by atoms with E-state index in [4.69, 9.17) is 5.73 Å². The van der Waals surface area contributed by atoms with Gasteiger partial charge in [0.25, 0.3) is 0 Å². The molecular weight excluding hydrogens is 257 g/mol. The van der Waals surface area contributed by atoms with Gasteiger partial charge in [-0.15, -0.1) is 11.8 Å². The SMILES string of the molecule is Nc1ccc(CSc2ccc3c(c2)CCC3)c(F)c1. The molecular formula is C16H16FNS. The lowest BCUT2D eigenvalue weighted by molar-refractivity contribution is 0.618. The molecule has 0 radical (unpaired) electrons. The summed E-state index contributed by atoms with van der Waals surface area (Å²) in [6.07, 6.45) is 3.64. The van der Waals surface area contributed by atoms with Gasteiger partial charge in [-0.25, -0.2) is 4.39 Å². The number of hydrogen-bond donors (Lipinski definition) is 1. The van der Waals surface area contributed by atoms with Gasteiger partial charge in [0.05, 0.1) is 0 Å². The highest BCUT2D eigenvalue weighted by molar-refractivity contribution is 7.98. The number of rotatable bonds is 3. The fourth-order valence-electron chi connectivity index (χ4n) is 2.48. The first-order chi connectivity index (χ1) is 9.22. The smallest absolute Gasteiger partial charge is 0.129 e. The van der Waals surface area contributed by atoms with Gasteiger partial charge in [-0.05, 0) is 60.2 Å². The van der Waals surface area contributed by atoms with Crippen molar-refractivity contribution in [2.45, 2.75) is 29.9 Å². The van der Waals surface area contributed by atoms with Crippen LogP contribution in [-0.4, -0.2) is 0 Å². The van der Waals surface area contributed by atoms with E-state index in [1.807, 2.05) is 0 Å². The van der Waals surface area contributed by atoms with Crippen molar-refractivity contribution < 1.29 is 4.39 Å². The fraction of sp³-hybridized carbons (Fsp3) is 0.250. The molecule has 0 heterocycles. The molecule has 0 bridgehead atoms. The number of benzene rings is 2. The normalized spacial score (nSPS) is 13.5. The number of nitrogens with two attached hydrogens (primary N) is 1. The lowest BCUT2D eigenvalue weighted by atomic mass is 10.1. The van der Waals surface area contributed by atoms with Crippen LogP contribution in [0, 0.1) is 5.82 Å². The van der Waals surface area contributed by atoms with E-state index in [0.29, 0.717) is 17.0 Å². The average molecular weight is 273 g/mol. The third kappa shape index (κ3) is 2.76. The molecule has 1 nitrogen and oxygen atoms in total. The molecule has 3 heteroatoms. The molecule has 0 aliphatic heterocycles. The summed E-state index contributed by atoms with van der Waals surface area (Å²) >= 11 is 1.68. The summed E-state index contributed by atoms with van der Waals surface area (Å²) < 4.78 is 13.7. The maximum atomic E-state index is 13.7. The quantitative estimate of drug-likeness (QED) is 0.670. The first-order valence-corrected chi connectivity index (χ1v) is 7.49. The highest BCUT2D eigenvalue weighted by Crippen LogP contribution is 2.30. The summed E-state index contributed by atoms with van der Waals surface area (Å²) in [5.41, 5.74) is 9.67. The van der Waals surface area contributed by atoms with Crippen LogP contribution in [0.1, 0.15) is 23.1 Å². The van der Waals surface area contributed by atoms with E-state index in [9.17, 15) is 4.39 Å². The van der Waals surface area contributed by atoms with E-state index in [1.54, 1.807) is 23.9 Å². The number of halogens is 1. The molecule has 1 aliphatic carbocycles. The van der Waals surface area contributed by atoms with Crippen LogP contribution in [0.25, 0.3) is 0 Å². The number of aryl methyl sites for hydroxylation is 2. The molecule has 0 fully saturated rings. The maximum absolute atomic E-state index is 13.7. The Bertz CT molecular complexity index is 610. The molecule has 0 saturated heterocycles. The number of hydrogen-bond acceptors (Lipinski definition) is 2. The zero-order valence-electron chi connectivity index (χ0n) is 10.7. The predicted molar refractivity (Wildman–Crippen MR) is 78.8 cm³/mol. The highest BCUT2D eigenvalue weighted by atomic mass is 32.2. The predicted octanol–water partition coefficient (Wildman–Crippen LogP) is 4.19. The van der Waals surface area contributed by atoms with E-state index >= 15 is 0 Å². The molecule has 0 aromatic heterocycles. The summed E-state index contributed by atoms with van der Waals surface area (Å²) in [6, 6.07) is 11.5. The van der Waals surface area contributed by atoms with E-state index in [2.05, 4.69) is 18.2 Å². The topological polar surface area (TPSA) is 26.0 Å². The van der Waals surface area contributed by atoms with Gasteiger partial charge in [0.1, 0.15) is 5.82 Å². The largest absolute Gasteiger partial charge is 0.399 e. The molecule has 2 aromatic rings. The average Bonchev–Trinajstić information content (AvgIpc) is 2.85. The standard InChI is InChI=1S/C16H16FNS/c17-16-9-14(18)6-4-13(16)10-19-15-7-5-11-2-1-3-12(11)8-15/h4-9H,1-3,10,18H2. The van der Waals surface area contributed by atoms with Crippen molar-refractivity contribution in [3.8, 4) is 0 Å². The molecule has 1 aliphatic rings.